The molecule has 3 rings (SSSR count). The zero-order valence-corrected chi connectivity index (χ0v) is 19.4. The highest BCUT2D eigenvalue weighted by Crippen LogP contribution is 2.29. The number of hydrogen-bond donors (Lipinski definition) is 1. The first kappa shape index (κ1) is 23.3. The van der Waals surface area contributed by atoms with E-state index in [4.69, 9.17) is 44.3 Å². The van der Waals surface area contributed by atoms with Gasteiger partial charge in [0, 0.05) is 21.8 Å². The monoisotopic (exact) mass is 481 g/mol. The van der Waals surface area contributed by atoms with E-state index in [0.717, 1.165) is 11.1 Å². The Bertz CT molecular complexity index is 1050. The Labute approximate surface area is 196 Å². The van der Waals surface area contributed by atoms with E-state index in [1.54, 1.807) is 41.2 Å². The fourth-order valence-corrected chi connectivity index (χ4v) is 3.69. The van der Waals surface area contributed by atoms with E-state index < -0.39 is 0 Å². The third-order valence-electron chi connectivity index (χ3n) is 4.33. The van der Waals surface area contributed by atoms with Gasteiger partial charge in [0.1, 0.15) is 5.02 Å². The summed E-state index contributed by atoms with van der Waals surface area (Å²) in [5, 5.41) is 8.47. The van der Waals surface area contributed by atoms with Gasteiger partial charge in [-0.1, -0.05) is 46.9 Å². The number of nitrogens with zero attached hydrogens (tertiary/aromatic N) is 2. The summed E-state index contributed by atoms with van der Waals surface area (Å²) in [6.07, 6.45) is 1.74. The van der Waals surface area contributed by atoms with E-state index in [9.17, 15) is 4.79 Å². The van der Waals surface area contributed by atoms with Gasteiger partial charge >= 0.3 is 0 Å². The lowest BCUT2D eigenvalue weighted by Crippen LogP contribution is -2.15. The van der Waals surface area contributed by atoms with Gasteiger partial charge in [-0.3, -0.25) is 9.48 Å². The third kappa shape index (κ3) is 6.06. The van der Waals surface area contributed by atoms with Gasteiger partial charge in [-0.25, -0.2) is 0 Å². The Hall–Kier alpha value is -2.41. The molecule has 0 atom stereocenters. The number of ether oxygens (including phenoxy) is 2. The standard InChI is InChI=1S/C22H22Cl3N3O3/c1-3-30-19-9-8-14(10-20(19)31-4-2)11-21(29)26-22-18(25)13-28(27-22)12-15-16(23)6-5-7-17(15)24/h5-10,13H,3-4,11-12H2,1-2H3,(H,26,27,29). The van der Waals surface area contributed by atoms with Crippen molar-refractivity contribution in [3.05, 3.63) is 68.8 Å². The number of benzene rings is 2. The number of carbonyl (C=O) groups excluding carboxylic acids is 1. The molecule has 0 aliphatic heterocycles. The molecule has 0 aliphatic rings. The van der Waals surface area contributed by atoms with Crippen LogP contribution in [0, 0.1) is 0 Å². The highest BCUT2D eigenvalue weighted by atomic mass is 35.5. The second-order valence-corrected chi connectivity index (χ2v) is 7.82. The highest BCUT2D eigenvalue weighted by molar-refractivity contribution is 6.36. The van der Waals surface area contributed by atoms with Crippen LogP contribution in [-0.4, -0.2) is 28.9 Å². The van der Waals surface area contributed by atoms with Crippen molar-refractivity contribution in [2.75, 3.05) is 18.5 Å². The first-order valence-corrected chi connectivity index (χ1v) is 10.9. The maximum Gasteiger partial charge on any atom is 0.230 e. The fraction of sp³-hybridized carbons (Fsp3) is 0.273. The summed E-state index contributed by atoms with van der Waals surface area (Å²) in [6, 6.07) is 10.7. The third-order valence-corrected chi connectivity index (χ3v) is 5.31. The van der Waals surface area contributed by atoms with Gasteiger partial charge in [-0.15, -0.1) is 0 Å². The molecule has 164 valence electrons. The molecule has 0 aliphatic carbocycles. The molecule has 0 saturated carbocycles. The van der Waals surface area contributed by atoms with Crippen LogP contribution < -0.4 is 14.8 Å². The maximum absolute atomic E-state index is 12.6. The lowest BCUT2D eigenvalue weighted by Gasteiger charge is -2.12. The minimum Gasteiger partial charge on any atom is -0.490 e. The zero-order chi connectivity index (χ0) is 22.4. The molecular weight excluding hydrogens is 461 g/mol. The summed E-state index contributed by atoms with van der Waals surface area (Å²) in [5.41, 5.74) is 1.50. The SMILES string of the molecule is CCOc1ccc(CC(=O)Nc2nn(Cc3c(Cl)cccc3Cl)cc2Cl)cc1OCC. The first-order valence-electron chi connectivity index (χ1n) is 9.75. The smallest absolute Gasteiger partial charge is 0.230 e. The summed E-state index contributed by atoms with van der Waals surface area (Å²) in [5.74, 6) is 1.27. The van der Waals surface area contributed by atoms with Gasteiger partial charge in [0.25, 0.3) is 0 Å². The topological polar surface area (TPSA) is 65.4 Å². The van der Waals surface area contributed by atoms with Crippen LogP contribution in [0.5, 0.6) is 11.5 Å². The average Bonchev–Trinajstić information content (AvgIpc) is 3.06. The Kier molecular flexibility index (Phi) is 8.07. The van der Waals surface area contributed by atoms with Crippen LogP contribution in [0.2, 0.25) is 15.1 Å². The van der Waals surface area contributed by atoms with E-state index >= 15 is 0 Å². The molecule has 0 saturated heterocycles. The molecule has 1 amide bonds. The molecule has 0 radical (unpaired) electrons. The van der Waals surface area contributed by atoms with Crippen molar-refractivity contribution in [1.29, 1.82) is 0 Å². The second-order valence-electron chi connectivity index (χ2n) is 6.60. The highest BCUT2D eigenvalue weighted by Gasteiger charge is 2.15. The summed E-state index contributed by atoms with van der Waals surface area (Å²) in [6.45, 7) is 5.15. The average molecular weight is 483 g/mol. The molecule has 6 nitrogen and oxygen atoms in total. The van der Waals surface area contributed by atoms with E-state index in [2.05, 4.69) is 10.4 Å². The number of carbonyl (C=O) groups is 1. The molecular formula is C22H22Cl3N3O3. The van der Waals surface area contributed by atoms with Gasteiger partial charge in [-0.2, -0.15) is 5.10 Å². The number of halogens is 3. The molecule has 1 aromatic heterocycles. The van der Waals surface area contributed by atoms with Crippen molar-refractivity contribution in [3.8, 4) is 11.5 Å². The first-order chi connectivity index (χ1) is 14.9. The molecule has 2 aromatic carbocycles. The van der Waals surface area contributed by atoms with Crippen LogP contribution in [0.25, 0.3) is 0 Å². The van der Waals surface area contributed by atoms with E-state index in [0.29, 0.717) is 46.3 Å². The van der Waals surface area contributed by atoms with Crippen LogP contribution in [0.1, 0.15) is 25.0 Å². The quantitative estimate of drug-likeness (QED) is 0.414. The summed E-state index contributed by atoms with van der Waals surface area (Å²) in [4.78, 5) is 12.6. The summed E-state index contributed by atoms with van der Waals surface area (Å²) >= 11 is 18.7. The van der Waals surface area contributed by atoms with Crippen LogP contribution in [-0.2, 0) is 17.8 Å². The molecule has 0 fully saturated rings. The van der Waals surface area contributed by atoms with Crippen molar-refractivity contribution in [1.82, 2.24) is 9.78 Å². The summed E-state index contributed by atoms with van der Waals surface area (Å²) < 4.78 is 12.7. The van der Waals surface area contributed by atoms with Gasteiger partial charge in [0.2, 0.25) is 5.91 Å². The van der Waals surface area contributed by atoms with Crippen LogP contribution in [0.15, 0.2) is 42.6 Å². The molecule has 0 bridgehead atoms. The Balaban J connectivity index is 1.69. The number of aromatic nitrogens is 2. The lowest BCUT2D eigenvalue weighted by atomic mass is 10.1. The van der Waals surface area contributed by atoms with E-state index in [-0.39, 0.29) is 18.1 Å². The number of hydrogen-bond acceptors (Lipinski definition) is 4. The normalized spacial score (nSPS) is 10.7. The van der Waals surface area contributed by atoms with Crippen LogP contribution in [0.4, 0.5) is 5.82 Å². The molecule has 0 spiro atoms. The minimum absolute atomic E-state index is 0.131. The van der Waals surface area contributed by atoms with Gasteiger partial charge in [0.15, 0.2) is 17.3 Å². The van der Waals surface area contributed by atoms with Crippen molar-refractivity contribution in [2.45, 2.75) is 26.8 Å². The minimum atomic E-state index is -0.255. The number of amides is 1. The van der Waals surface area contributed by atoms with Crippen molar-refractivity contribution in [3.63, 3.8) is 0 Å². The second kappa shape index (κ2) is 10.8. The van der Waals surface area contributed by atoms with Gasteiger partial charge in [0.05, 0.1) is 26.2 Å². The lowest BCUT2D eigenvalue weighted by molar-refractivity contribution is -0.115. The zero-order valence-electron chi connectivity index (χ0n) is 17.1. The predicted molar refractivity (Wildman–Crippen MR) is 124 cm³/mol. The largest absolute Gasteiger partial charge is 0.490 e. The number of nitrogens with one attached hydrogen (secondary N) is 1. The summed E-state index contributed by atoms with van der Waals surface area (Å²) in [7, 11) is 0. The Morgan fingerprint density at radius 2 is 1.68 bits per heavy atom. The molecule has 3 aromatic rings. The van der Waals surface area contributed by atoms with Crippen LogP contribution in [0.3, 0.4) is 0 Å². The Morgan fingerprint density at radius 1 is 1.00 bits per heavy atom. The molecule has 0 unspecified atom stereocenters. The van der Waals surface area contributed by atoms with Crippen molar-refractivity contribution >= 4 is 46.5 Å². The van der Waals surface area contributed by atoms with Gasteiger partial charge in [-0.05, 0) is 43.7 Å². The molecule has 9 heteroatoms. The van der Waals surface area contributed by atoms with Crippen molar-refractivity contribution in [2.24, 2.45) is 0 Å². The fourth-order valence-electron chi connectivity index (χ4n) is 2.98. The number of anilines is 1. The molecule has 1 N–H and O–H groups in total. The predicted octanol–water partition coefficient (Wildman–Crippen LogP) is 5.87. The molecule has 1 heterocycles. The van der Waals surface area contributed by atoms with Gasteiger partial charge < -0.3 is 14.8 Å². The van der Waals surface area contributed by atoms with Crippen LogP contribution >= 0.6 is 34.8 Å². The molecule has 31 heavy (non-hydrogen) atoms. The maximum atomic E-state index is 12.6. The van der Waals surface area contributed by atoms with E-state index in [1.807, 2.05) is 19.9 Å². The van der Waals surface area contributed by atoms with E-state index in [1.165, 1.54) is 0 Å². The Morgan fingerprint density at radius 3 is 2.35 bits per heavy atom. The van der Waals surface area contributed by atoms with Crippen molar-refractivity contribution < 1.29 is 14.3 Å². The number of rotatable bonds is 9.